The zero-order valence-electron chi connectivity index (χ0n) is 13.7. The molecule has 1 aromatic carbocycles. The van der Waals surface area contributed by atoms with E-state index in [2.05, 4.69) is 30.7 Å². The fourth-order valence-electron chi connectivity index (χ4n) is 2.76. The first-order chi connectivity index (χ1) is 10.8. The maximum atomic E-state index is 13.8. The van der Waals surface area contributed by atoms with Gasteiger partial charge in [0.05, 0.1) is 0 Å². The molecular weight excluding hydrogens is 296 g/mol. The molecule has 0 atom stereocenters. The number of hydrogen-bond acceptors (Lipinski definition) is 3. The predicted molar refractivity (Wildman–Crippen MR) is 84.9 cm³/mol. The lowest BCUT2D eigenvalue weighted by atomic mass is 9.95. The van der Waals surface area contributed by atoms with Crippen molar-refractivity contribution in [3.05, 3.63) is 58.7 Å². The van der Waals surface area contributed by atoms with Crippen LogP contribution in [0.4, 0.5) is 8.78 Å². The van der Waals surface area contributed by atoms with Crippen molar-refractivity contribution in [2.75, 3.05) is 6.54 Å². The Labute approximate surface area is 135 Å². The van der Waals surface area contributed by atoms with Crippen molar-refractivity contribution in [2.24, 2.45) is 0 Å². The summed E-state index contributed by atoms with van der Waals surface area (Å²) in [4.78, 5) is 11.3. The van der Waals surface area contributed by atoms with Crippen molar-refractivity contribution in [1.29, 1.82) is 0 Å². The third-order valence-corrected chi connectivity index (χ3v) is 4.09. The molecule has 1 aliphatic heterocycles. The number of halogens is 2. The van der Waals surface area contributed by atoms with Crippen molar-refractivity contribution in [2.45, 2.75) is 45.7 Å². The van der Waals surface area contributed by atoms with Crippen molar-refractivity contribution in [1.82, 2.24) is 14.9 Å². The second-order valence-corrected chi connectivity index (χ2v) is 7.11. The predicted octanol–water partition coefficient (Wildman–Crippen LogP) is 3.61. The Balaban J connectivity index is 1.75. The Morgan fingerprint density at radius 1 is 1.22 bits per heavy atom. The van der Waals surface area contributed by atoms with E-state index in [1.165, 1.54) is 12.1 Å². The van der Waals surface area contributed by atoms with Crippen LogP contribution < -0.4 is 0 Å². The van der Waals surface area contributed by atoms with Gasteiger partial charge in [-0.3, -0.25) is 4.90 Å². The summed E-state index contributed by atoms with van der Waals surface area (Å²) in [6, 6.07) is 3.75. The van der Waals surface area contributed by atoms with E-state index < -0.39 is 11.6 Å². The molecule has 0 aliphatic carbocycles. The summed E-state index contributed by atoms with van der Waals surface area (Å²) < 4.78 is 26.8. The van der Waals surface area contributed by atoms with E-state index >= 15 is 0 Å². The molecule has 0 unspecified atom stereocenters. The highest BCUT2D eigenvalue weighted by atomic mass is 19.1. The minimum absolute atomic E-state index is 0.0661. The van der Waals surface area contributed by atoms with Gasteiger partial charge < -0.3 is 0 Å². The van der Waals surface area contributed by atoms with Crippen molar-refractivity contribution >= 4 is 0 Å². The van der Waals surface area contributed by atoms with Crippen LogP contribution in [0.2, 0.25) is 0 Å². The van der Waals surface area contributed by atoms with E-state index in [0.717, 1.165) is 36.1 Å². The van der Waals surface area contributed by atoms with E-state index in [4.69, 9.17) is 4.98 Å². The van der Waals surface area contributed by atoms with Gasteiger partial charge in [0.15, 0.2) is 0 Å². The Hall–Kier alpha value is -1.88. The van der Waals surface area contributed by atoms with Gasteiger partial charge >= 0.3 is 0 Å². The number of rotatable bonds is 2. The van der Waals surface area contributed by atoms with E-state index in [0.29, 0.717) is 18.7 Å². The standard InChI is InChI=1S/C18H21F2N3/c1-18(2,3)17-21-9-13-11-23(7-6-16(13)22-17)10-12-4-5-14(19)8-15(12)20/h4-5,8-9H,6-7,10-11H2,1-3H3. The maximum Gasteiger partial charge on any atom is 0.133 e. The topological polar surface area (TPSA) is 29.0 Å². The number of aromatic nitrogens is 2. The SMILES string of the molecule is CC(C)(C)c1ncc2c(n1)CCN(Cc1ccc(F)cc1F)C2. The van der Waals surface area contributed by atoms with Crippen LogP contribution in [0, 0.1) is 11.6 Å². The maximum absolute atomic E-state index is 13.8. The van der Waals surface area contributed by atoms with Crippen molar-refractivity contribution < 1.29 is 8.78 Å². The van der Waals surface area contributed by atoms with Gasteiger partial charge in [-0.2, -0.15) is 0 Å². The van der Waals surface area contributed by atoms with Crippen LogP contribution in [0.3, 0.4) is 0 Å². The summed E-state index contributed by atoms with van der Waals surface area (Å²) >= 11 is 0. The molecule has 1 aliphatic rings. The molecule has 3 nitrogen and oxygen atoms in total. The lowest BCUT2D eigenvalue weighted by Gasteiger charge is -2.29. The molecule has 0 fully saturated rings. The molecule has 3 rings (SSSR count). The Morgan fingerprint density at radius 3 is 2.70 bits per heavy atom. The zero-order chi connectivity index (χ0) is 16.6. The normalized spacial score (nSPS) is 15.5. The minimum atomic E-state index is -0.543. The summed E-state index contributed by atoms with van der Waals surface area (Å²) in [5.74, 6) is -0.178. The molecular formula is C18H21F2N3. The molecule has 122 valence electrons. The van der Waals surface area contributed by atoms with Crippen LogP contribution in [0.5, 0.6) is 0 Å². The summed E-state index contributed by atoms with van der Waals surface area (Å²) in [5.41, 5.74) is 2.62. The van der Waals surface area contributed by atoms with Gasteiger partial charge in [-0.25, -0.2) is 18.7 Å². The highest BCUT2D eigenvalue weighted by Gasteiger charge is 2.23. The van der Waals surface area contributed by atoms with Crippen molar-refractivity contribution in [3.8, 4) is 0 Å². The number of fused-ring (bicyclic) bond motifs is 1. The molecule has 0 spiro atoms. The van der Waals surface area contributed by atoms with Crippen LogP contribution in [-0.4, -0.2) is 21.4 Å². The molecule has 0 saturated heterocycles. The van der Waals surface area contributed by atoms with Gasteiger partial charge in [-0.15, -0.1) is 0 Å². The molecule has 0 saturated carbocycles. The van der Waals surface area contributed by atoms with Crippen LogP contribution in [0.15, 0.2) is 24.4 Å². The summed E-state index contributed by atoms with van der Waals surface area (Å²) in [5, 5.41) is 0. The molecule has 0 radical (unpaired) electrons. The monoisotopic (exact) mass is 317 g/mol. The van der Waals surface area contributed by atoms with Crippen LogP contribution in [0.25, 0.3) is 0 Å². The third-order valence-electron chi connectivity index (χ3n) is 4.09. The van der Waals surface area contributed by atoms with E-state index in [1.54, 1.807) is 0 Å². The van der Waals surface area contributed by atoms with E-state index in [9.17, 15) is 8.78 Å². The van der Waals surface area contributed by atoms with Crippen LogP contribution in [-0.2, 0) is 24.9 Å². The molecule has 2 heterocycles. The fraction of sp³-hybridized carbons (Fsp3) is 0.444. The number of nitrogens with zero attached hydrogens (tertiary/aromatic N) is 3. The average Bonchev–Trinajstić information content (AvgIpc) is 2.48. The second kappa shape index (κ2) is 5.96. The second-order valence-electron chi connectivity index (χ2n) is 7.11. The largest absolute Gasteiger partial charge is 0.294 e. The highest BCUT2D eigenvalue weighted by Crippen LogP contribution is 2.23. The molecule has 23 heavy (non-hydrogen) atoms. The first-order valence-electron chi connectivity index (χ1n) is 7.84. The van der Waals surface area contributed by atoms with Gasteiger partial charge in [-0.05, 0) is 6.07 Å². The Kier molecular flexibility index (Phi) is 4.15. The van der Waals surface area contributed by atoms with Crippen LogP contribution >= 0.6 is 0 Å². The van der Waals surface area contributed by atoms with E-state index in [1.807, 2.05) is 6.20 Å². The minimum Gasteiger partial charge on any atom is -0.294 e. The number of benzene rings is 1. The molecule has 0 N–H and O–H groups in total. The van der Waals surface area contributed by atoms with E-state index in [-0.39, 0.29) is 5.41 Å². The summed E-state index contributed by atoms with van der Waals surface area (Å²) in [6.45, 7) is 8.26. The highest BCUT2D eigenvalue weighted by molar-refractivity contribution is 5.24. The molecule has 2 aromatic rings. The lowest BCUT2D eigenvalue weighted by molar-refractivity contribution is 0.238. The average molecular weight is 317 g/mol. The quantitative estimate of drug-likeness (QED) is 0.847. The van der Waals surface area contributed by atoms with Gasteiger partial charge in [0.1, 0.15) is 17.5 Å². The lowest BCUT2D eigenvalue weighted by Crippen LogP contribution is -2.32. The first kappa shape index (κ1) is 16.0. The number of hydrogen-bond donors (Lipinski definition) is 0. The Bertz CT molecular complexity index is 723. The van der Waals surface area contributed by atoms with Gasteiger partial charge in [0.2, 0.25) is 0 Å². The van der Waals surface area contributed by atoms with Gasteiger partial charge in [0.25, 0.3) is 0 Å². The van der Waals surface area contributed by atoms with Gasteiger partial charge in [0, 0.05) is 60.6 Å². The van der Waals surface area contributed by atoms with Gasteiger partial charge in [-0.1, -0.05) is 26.8 Å². The smallest absolute Gasteiger partial charge is 0.133 e. The third kappa shape index (κ3) is 3.55. The van der Waals surface area contributed by atoms with Crippen molar-refractivity contribution in [3.63, 3.8) is 0 Å². The molecule has 1 aromatic heterocycles. The summed E-state index contributed by atoms with van der Waals surface area (Å²) in [6.07, 6.45) is 2.71. The van der Waals surface area contributed by atoms with Crippen LogP contribution in [0.1, 0.15) is 43.4 Å². The molecule has 5 heteroatoms. The Morgan fingerprint density at radius 2 is 2.00 bits per heavy atom. The fourth-order valence-corrected chi connectivity index (χ4v) is 2.76. The summed E-state index contributed by atoms with van der Waals surface area (Å²) in [7, 11) is 0. The zero-order valence-corrected chi connectivity index (χ0v) is 13.7. The molecule has 0 amide bonds. The molecule has 0 bridgehead atoms. The first-order valence-corrected chi connectivity index (χ1v) is 7.84.